The van der Waals surface area contributed by atoms with Gasteiger partial charge in [-0.05, 0) is 44.0 Å². The van der Waals surface area contributed by atoms with Crippen molar-refractivity contribution in [2.24, 2.45) is 0 Å². The van der Waals surface area contributed by atoms with Crippen LogP contribution >= 0.6 is 0 Å². The average Bonchev–Trinajstić information content (AvgIpc) is 2.85. The summed E-state index contributed by atoms with van der Waals surface area (Å²) in [5.74, 6) is -0.106. The Kier molecular flexibility index (Phi) is 4.88. The van der Waals surface area contributed by atoms with Gasteiger partial charge in [-0.2, -0.15) is 8.78 Å². The Morgan fingerprint density at radius 3 is 2.57 bits per heavy atom. The van der Waals surface area contributed by atoms with Gasteiger partial charge in [0.1, 0.15) is 11.5 Å². The van der Waals surface area contributed by atoms with E-state index in [9.17, 15) is 18.4 Å². The molecule has 0 radical (unpaired) electrons. The number of alkyl halides is 2. The van der Waals surface area contributed by atoms with E-state index in [4.69, 9.17) is 0 Å². The first-order valence-electron chi connectivity index (χ1n) is 6.82. The number of amides is 1. The van der Waals surface area contributed by atoms with Crippen molar-refractivity contribution < 1.29 is 23.1 Å². The number of hydrogen-bond donors (Lipinski definition) is 0. The Hall–Kier alpha value is -1.98. The van der Waals surface area contributed by atoms with Gasteiger partial charge in [0.15, 0.2) is 0 Å². The zero-order chi connectivity index (χ0) is 15.4. The second-order valence-corrected chi connectivity index (χ2v) is 5.10. The normalized spacial score (nSPS) is 18.1. The molecule has 1 saturated heterocycles. The summed E-state index contributed by atoms with van der Waals surface area (Å²) in [5.41, 5.74) is 0.409. The van der Waals surface area contributed by atoms with Crippen molar-refractivity contribution in [1.29, 1.82) is 0 Å². The van der Waals surface area contributed by atoms with Crippen LogP contribution in [0.4, 0.5) is 8.78 Å². The summed E-state index contributed by atoms with van der Waals surface area (Å²) >= 11 is 0. The Labute approximate surface area is 121 Å². The third-order valence-electron chi connectivity index (χ3n) is 3.49. The highest BCUT2D eigenvalue weighted by Gasteiger charge is 2.30. The third-order valence-corrected chi connectivity index (χ3v) is 3.49. The van der Waals surface area contributed by atoms with Gasteiger partial charge in [0, 0.05) is 24.6 Å². The van der Waals surface area contributed by atoms with E-state index in [1.165, 1.54) is 31.2 Å². The number of benzene rings is 1. The highest BCUT2D eigenvalue weighted by molar-refractivity contribution is 5.95. The minimum absolute atomic E-state index is 0.0169. The molecule has 0 aliphatic carbocycles. The monoisotopic (exact) mass is 297 g/mol. The Bertz CT molecular complexity index is 516. The molecule has 0 N–H and O–H groups in total. The van der Waals surface area contributed by atoms with Gasteiger partial charge in [0.2, 0.25) is 0 Å². The molecule has 1 fully saturated rings. The van der Waals surface area contributed by atoms with Crippen molar-refractivity contribution >= 4 is 11.7 Å². The summed E-state index contributed by atoms with van der Waals surface area (Å²) in [6, 6.07) is 5.55. The van der Waals surface area contributed by atoms with E-state index in [0.717, 1.165) is 12.8 Å². The van der Waals surface area contributed by atoms with Crippen LogP contribution in [0.25, 0.3) is 0 Å². The molecule has 2 rings (SSSR count). The number of Topliss-reactive ketones (excluding diaryl/α,β-unsaturated/α-hetero) is 1. The predicted octanol–water partition coefficient (Wildman–Crippen LogP) is 2.87. The van der Waals surface area contributed by atoms with Gasteiger partial charge >= 0.3 is 6.61 Å². The van der Waals surface area contributed by atoms with Crippen molar-refractivity contribution in [1.82, 2.24) is 4.90 Å². The molecule has 4 nitrogen and oxygen atoms in total. The number of likely N-dealkylation sites (tertiary alicyclic amines) is 1. The number of halogens is 2. The molecule has 0 aromatic heterocycles. The van der Waals surface area contributed by atoms with Gasteiger partial charge in [-0.3, -0.25) is 9.59 Å². The first-order valence-corrected chi connectivity index (χ1v) is 6.82. The maximum Gasteiger partial charge on any atom is 0.387 e. The fraction of sp³-hybridized carbons (Fsp3) is 0.467. The number of ether oxygens (including phenoxy) is 1. The molecule has 1 atom stereocenters. The first-order chi connectivity index (χ1) is 9.97. The summed E-state index contributed by atoms with van der Waals surface area (Å²) in [6.45, 7) is -0.756. The van der Waals surface area contributed by atoms with Gasteiger partial charge in [0.05, 0.1) is 0 Å². The van der Waals surface area contributed by atoms with Crippen LogP contribution in [-0.2, 0) is 4.79 Å². The topological polar surface area (TPSA) is 46.6 Å². The minimum atomic E-state index is -2.88. The number of hydrogen-bond acceptors (Lipinski definition) is 3. The van der Waals surface area contributed by atoms with Crippen LogP contribution in [0.5, 0.6) is 5.75 Å². The van der Waals surface area contributed by atoms with Gasteiger partial charge in [0.25, 0.3) is 5.91 Å². The highest BCUT2D eigenvalue weighted by atomic mass is 19.3. The minimum Gasteiger partial charge on any atom is -0.435 e. The van der Waals surface area contributed by atoms with Crippen LogP contribution in [0.2, 0.25) is 0 Å². The Morgan fingerprint density at radius 1 is 1.33 bits per heavy atom. The molecular formula is C15H17F2NO3. The molecule has 1 aliphatic rings. The summed E-state index contributed by atoms with van der Waals surface area (Å²) in [7, 11) is 0. The standard InChI is InChI=1S/C15H17F2NO3/c1-10(19)9-12-3-2-8-18(12)14(20)11-4-6-13(7-5-11)21-15(16)17/h4-7,12,15H,2-3,8-9H2,1H3. The second kappa shape index (κ2) is 6.65. The van der Waals surface area contributed by atoms with Crippen molar-refractivity contribution in [3.05, 3.63) is 29.8 Å². The fourth-order valence-corrected chi connectivity index (χ4v) is 2.59. The zero-order valence-electron chi connectivity index (χ0n) is 11.7. The molecule has 1 heterocycles. The number of rotatable bonds is 5. The number of ketones is 1. The van der Waals surface area contributed by atoms with Crippen LogP contribution in [0.15, 0.2) is 24.3 Å². The molecule has 1 aromatic carbocycles. The molecule has 1 aliphatic heterocycles. The van der Waals surface area contributed by atoms with E-state index in [-0.39, 0.29) is 23.5 Å². The second-order valence-electron chi connectivity index (χ2n) is 5.10. The number of carbonyl (C=O) groups excluding carboxylic acids is 2. The lowest BCUT2D eigenvalue weighted by Crippen LogP contribution is -2.36. The molecule has 114 valence electrons. The Morgan fingerprint density at radius 2 is 2.00 bits per heavy atom. The first kappa shape index (κ1) is 15.4. The van der Waals surface area contributed by atoms with Crippen molar-refractivity contribution in [3.63, 3.8) is 0 Å². The van der Waals surface area contributed by atoms with Crippen LogP contribution in [0, 0.1) is 0 Å². The molecule has 1 aromatic rings. The molecule has 6 heteroatoms. The molecule has 1 amide bonds. The summed E-state index contributed by atoms with van der Waals surface area (Å²) in [5, 5.41) is 0. The molecule has 0 saturated carbocycles. The van der Waals surface area contributed by atoms with Crippen LogP contribution in [0.1, 0.15) is 36.5 Å². The number of nitrogens with zero attached hydrogens (tertiary/aromatic N) is 1. The summed E-state index contributed by atoms with van der Waals surface area (Å²) in [4.78, 5) is 25.3. The van der Waals surface area contributed by atoms with E-state index in [1.807, 2.05) is 0 Å². The molecule has 0 bridgehead atoms. The van der Waals surface area contributed by atoms with Gasteiger partial charge in [-0.15, -0.1) is 0 Å². The quantitative estimate of drug-likeness (QED) is 0.839. The zero-order valence-corrected chi connectivity index (χ0v) is 11.7. The van der Waals surface area contributed by atoms with Gasteiger partial charge < -0.3 is 9.64 Å². The van der Waals surface area contributed by atoms with Crippen LogP contribution in [-0.4, -0.2) is 35.8 Å². The average molecular weight is 297 g/mol. The maximum absolute atomic E-state index is 12.4. The molecule has 1 unspecified atom stereocenters. The van der Waals surface area contributed by atoms with Crippen LogP contribution < -0.4 is 4.74 Å². The fourth-order valence-electron chi connectivity index (χ4n) is 2.59. The summed E-state index contributed by atoms with van der Waals surface area (Å²) < 4.78 is 28.4. The smallest absolute Gasteiger partial charge is 0.387 e. The van der Waals surface area contributed by atoms with E-state index < -0.39 is 6.61 Å². The lowest BCUT2D eigenvalue weighted by atomic mass is 10.1. The van der Waals surface area contributed by atoms with E-state index >= 15 is 0 Å². The van der Waals surface area contributed by atoms with Crippen molar-refractivity contribution in [3.8, 4) is 5.75 Å². The van der Waals surface area contributed by atoms with Crippen molar-refractivity contribution in [2.45, 2.75) is 38.8 Å². The lowest BCUT2D eigenvalue weighted by Gasteiger charge is -2.24. The summed E-state index contributed by atoms with van der Waals surface area (Å²) in [6.07, 6.45) is 2.05. The largest absolute Gasteiger partial charge is 0.435 e. The van der Waals surface area contributed by atoms with Crippen LogP contribution in [0.3, 0.4) is 0 Å². The van der Waals surface area contributed by atoms with E-state index in [1.54, 1.807) is 4.90 Å². The van der Waals surface area contributed by atoms with E-state index in [0.29, 0.717) is 18.5 Å². The van der Waals surface area contributed by atoms with Gasteiger partial charge in [-0.25, -0.2) is 0 Å². The van der Waals surface area contributed by atoms with Crippen molar-refractivity contribution in [2.75, 3.05) is 6.54 Å². The lowest BCUT2D eigenvalue weighted by molar-refractivity contribution is -0.117. The highest BCUT2D eigenvalue weighted by Crippen LogP contribution is 2.24. The number of carbonyl (C=O) groups is 2. The van der Waals surface area contributed by atoms with E-state index in [2.05, 4.69) is 4.74 Å². The molecular weight excluding hydrogens is 280 g/mol. The molecule has 0 spiro atoms. The third kappa shape index (κ3) is 4.00. The maximum atomic E-state index is 12.4. The predicted molar refractivity (Wildman–Crippen MR) is 72.4 cm³/mol. The molecule has 21 heavy (non-hydrogen) atoms. The SMILES string of the molecule is CC(=O)CC1CCCN1C(=O)c1ccc(OC(F)F)cc1. The Balaban J connectivity index is 2.06. The van der Waals surface area contributed by atoms with Gasteiger partial charge in [-0.1, -0.05) is 0 Å².